The minimum atomic E-state index is -5.65. The van der Waals surface area contributed by atoms with Crippen LogP contribution in [0.4, 0.5) is 23.2 Å². The Balaban J connectivity index is 2.55. The number of hydrogen-bond acceptors (Lipinski definition) is 3. The number of nitrogens with one attached hydrogen (secondary N) is 1. The molecule has 1 N–H and O–H groups in total. The molecule has 20 heavy (non-hydrogen) atoms. The van der Waals surface area contributed by atoms with Crippen LogP contribution in [0.15, 0.2) is 47.6 Å². The third-order valence-electron chi connectivity index (χ3n) is 2.39. The van der Waals surface area contributed by atoms with E-state index in [4.69, 9.17) is 0 Å². The Hall–Kier alpha value is -2.03. The van der Waals surface area contributed by atoms with Crippen LogP contribution in [-0.4, -0.2) is 18.6 Å². The summed E-state index contributed by atoms with van der Waals surface area (Å²) in [5, 5.41) is 0. The number of aromatic nitrogens is 1. The topological polar surface area (TPSA) is 51.1 Å². The minimum Gasteiger partial charge on any atom is -0.294 e. The van der Waals surface area contributed by atoms with Gasteiger partial charge in [0.15, 0.2) is 0 Å². The molecular formula is C11H8F4N2O2S. The summed E-state index contributed by atoms with van der Waals surface area (Å²) in [6.07, 6.45) is 2.90. The first kappa shape index (κ1) is 14.4. The Kier molecular flexibility index (Phi) is 3.46. The molecule has 4 nitrogen and oxygen atoms in total. The SMILES string of the molecule is O=S(=O)(c1cc(F)ccc1Nn1cccc1)C(F)(F)F. The molecule has 1 aromatic carbocycles. The fraction of sp³-hybridized carbons (Fsp3) is 0.0909. The second-order valence-electron chi connectivity index (χ2n) is 3.79. The molecule has 0 fully saturated rings. The zero-order valence-corrected chi connectivity index (χ0v) is 10.5. The van der Waals surface area contributed by atoms with E-state index in [1.54, 1.807) is 12.1 Å². The van der Waals surface area contributed by atoms with Crippen LogP contribution in [0.25, 0.3) is 0 Å². The predicted molar refractivity (Wildman–Crippen MR) is 63.1 cm³/mol. The first-order valence-electron chi connectivity index (χ1n) is 5.23. The summed E-state index contributed by atoms with van der Waals surface area (Å²) in [7, 11) is -5.65. The summed E-state index contributed by atoms with van der Waals surface area (Å²) >= 11 is 0. The number of anilines is 1. The summed E-state index contributed by atoms with van der Waals surface area (Å²) in [6, 6.07) is 5.27. The summed E-state index contributed by atoms with van der Waals surface area (Å²) in [6.45, 7) is 0. The molecule has 0 saturated heterocycles. The van der Waals surface area contributed by atoms with Crippen LogP contribution < -0.4 is 5.43 Å². The van der Waals surface area contributed by atoms with Crippen molar-refractivity contribution in [3.63, 3.8) is 0 Å². The largest absolute Gasteiger partial charge is 0.501 e. The third kappa shape index (κ3) is 2.62. The molecule has 0 aliphatic rings. The van der Waals surface area contributed by atoms with Gasteiger partial charge in [0.25, 0.3) is 9.84 Å². The first-order valence-corrected chi connectivity index (χ1v) is 6.71. The van der Waals surface area contributed by atoms with Gasteiger partial charge in [0, 0.05) is 12.4 Å². The van der Waals surface area contributed by atoms with E-state index in [9.17, 15) is 26.0 Å². The van der Waals surface area contributed by atoms with Gasteiger partial charge in [-0.25, -0.2) is 12.8 Å². The lowest BCUT2D eigenvalue weighted by Crippen LogP contribution is -2.25. The van der Waals surface area contributed by atoms with Gasteiger partial charge in [-0.3, -0.25) is 10.1 Å². The van der Waals surface area contributed by atoms with Crippen molar-refractivity contribution in [1.29, 1.82) is 0 Å². The van der Waals surface area contributed by atoms with E-state index >= 15 is 0 Å². The molecule has 0 bridgehead atoms. The van der Waals surface area contributed by atoms with Crippen molar-refractivity contribution in [3.8, 4) is 0 Å². The number of sulfone groups is 1. The van der Waals surface area contributed by atoms with Gasteiger partial charge < -0.3 is 0 Å². The molecule has 0 aliphatic heterocycles. The van der Waals surface area contributed by atoms with Crippen LogP contribution in [0.3, 0.4) is 0 Å². The predicted octanol–water partition coefficient (Wildman–Crippen LogP) is 2.80. The second-order valence-corrected chi connectivity index (χ2v) is 5.70. The smallest absolute Gasteiger partial charge is 0.294 e. The number of alkyl halides is 3. The monoisotopic (exact) mass is 308 g/mol. The number of halogens is 4. The molecule has 0 aliphatic carbocycles. The lowest BCUT2D eigenvalue weighted by Gasteiger charge is -2.14. The van der Waals surface area contributed by atoms with Gasteiger partial charge in [0.2, 0.25) is 0 Å². The van der Waals surface area contributed by atoms with Crippen molar-refractivity contribution in [1.82, 2.24) is 4.68 Å². The average molecular weight is 308 g/mol. The van der Waals surface area contributed by atoms with Gasteiger partial charge in [0.1, 0.15) is 10.7 Å². The van der Waals surface area contributed by atoms with E-state index in [1.165, 1.54) is 17.1 Å². The van der Waals surface area contributed by atoms with Gasteiger partial charge in [0.05, 0.1) is 5.69 Å². The van der Waals surface area contributed by atoms with E-state index in [0.717, 1.165) is 12.1 Å². The molecule has 2 aromatic rings. The zero-order chi connectivity index (χ0) is 15.0. The van der Waals surface area contributed by atoms with Crippen LogP contribution in [-0.2, 0) is 9.84 Å². The highest BCUT2D eigenvalue weighted by molar-refractivity contribution is 7.92. The highest BCUT2D eigenvalue weighted by Gasteiger charge is 2.48. The lowest BCUT2D eigenvalue weighted by atomic mass is 10.3. The Morgan fingerprint density at radius 1 is 1.10 bits per heavy atom. The van der Waals surface area contributed by atoms with Gasteiger partial charge in [-0.15, -0.1) is 0 Å². The Morgan fingerprint density at radius 3 is 2.25 bits per heavy atom. The zero-order valence-electron chi connectivity index (χ0n) is 9.73. The molecule has 0 atom stereocenters. The summed E-state index contributed by atoms with van der Waals surface area (Å²) in [5.41, 5.74) is -3.45. The van der Waals surface area contributed by atoms with Gasteiger partial charge in [-0.1, -0.05) is 0 Å². The van der Waals surface area contributed by atoms with E-state index in [-0.39, 0.29) is 5.69 Å². The van der Waals surface area contributed by atoms with Crippen molar-refractivity contribution in [2.45, 2.75) is 10.4 Å². The molecule has 108 valence electrons. The molecule has 0 spiro atoms. The first-order chi connectivity index (χ1) is 9.22. The number of rotatable bonds is 3. The molecule has 2 rings (SSSR count). The van der Waals surface area contributed by atoms with E-state index in [0.29, 0.717) is 6.07 Å². The maximum absolute atomic E-state index is 13.1. The standard InChI is InChI=1S/C11H8F4N2O2S/c12-8-3-4-9(16-17-5-1-2-6-17)10(7-8)20(18,19)11(13,14)15/h1-7,16H. The van der Waals surface area contributed by atoms with Crippen LogP contribution >= 0.6 is 0 Å². The van der Waals surface area contributed by atoms with Crippen molar-refractivity contribution in [2.75, 3.05) is 5.43 Å². The molecule has 1 heterocycles. The summed E-state index contributed by atoms with van der Waals surface area (Å²) in [5.74, 6) is -1.08. The third-order valence-corrected chi connectivity index (χ3v) is 3.92. The Morgan fingerprint density at radius 2 is 1.70 bits per heavy atom. The van der Waals surface area contributed by atoms with Crippen molar-refractivity contribution < 1.29 is 26.0 Å². The van der Waals surface area contributed by atoms with Crippen LogP contribution in [0.5, 0.6) is 0 Å². The summed E-state index contributed by atoms with van der Waals surface area (Å²) in [4.78, 5) is -1.17. The molecule has 0 radical (unpaired) electrons. The molecule has 0 amide bonds. The molecule has 9 heteroatoms. The fourth-order valence-electron chi connectivity index (χ4n) is 1.48. The number of hydrogen-bond donors (Lipinski definition) is 1. The fourth-order valence-corrected chi connectivity index (χ4v) is 2.40. The van der Waals surface area contributed by atoms with Crippen LogP contribution in [0.1, 0.15) is 0 Å². The number of benzene rings is 1. The quantitative estimate of drug-likeness (QED) is 0.887. The maximum Gasteiger partial charge on any atom is 0.501 e. The minimum absolute atomic E-state index is 0.328. The Labute approximate surface area is 111 Å². The maximum atomic E-state index is 13.1. The van der Waals surface area contributed by atoms with Gasteiger partial charge in [-0.2, -0.15) is 13.2 Å². The molecule has 0 saturated carbocycles. The van der Waals surface area contributed by atoms with Gasteiger partial charge >= 0.3 is 5.51 Å². The lowest BCUT2D eigenvalue weighted by molar-refractivity contribution is -0.0435. The average Bonchev–Trinajstić information content (AvgIpc) is 2.82. The number of nitrogens with zero attached hydrogens (tertiary/aromatic N) is 1. The normalized spacial score (nSPS) is 12.4. The highest BCUT2D eigenvalue weighted by atomic mass is 32.2. The van der Waals surface area contributed by atoms with Crippen molar-refractivity contribution in [3.05, 3.63) is 48.5 Å². The second kappa shape index (κ2) is 4.82. The van der Waals surface area contributed by atoms with Crippen LogP contribution in [0.2, 0.25) is 0 Å². The van der Waals surface area contributed by atoms with E-state index in [1.807, 2.05) is 0 Å². The molecule has 0 unspecified atom stereocenters. The van der Waals surface area contributed by atoms with Gasteiger partial charge in [-0.05, 0) is 30.3 Å². The van der Waals surface area contributed by atoms with E-state index in [2.05, 4.69) is 5.43 Å². The highest BCUT2D eigenvalue weighted by Crippen LogP contribution is 2.34. The Bertz CT molecular complexity index is 709. The molecule has 1 aromatic heterocycles. The van der Waals surface area contributed by atoms with Crippen molar-refractivity contribution >= 4 is 15.5 Å². The van der Waals surface area contributed by atoms with Crippen molar-refractivity contribution in [2.24, 2.45) is 0 Å². The van der Waals surface area contributed by atoms with Crippen LogP contribution in [0, 0.1) is 5.82 Å². The molecular weight excluding hydrogens is 300 g/mol. The van der Waals surface area contributed by atoms with E-state index < -0.39 is 26.1 Å². The summed E-state index contributed by atoms with van der Waals surface area (Å²) < 4.78 is 74.8.